The van der Waals surface area contributed by atoms with Crippen LogP contribution in [0.3, 0.4) is 0 Å². The summed E-state index contributed by atoms with van der Waals surface area (Å²) in [5.74, 6) is 0.235. The normalized spacial score (nSPS) is 17.7. The van der Waals surface area contributed by atoms with Crippen molar-refractivity contribution < 1.29 is 13.6 Å². The highest BCUT2D eigenvalue weighted by molar-refractivity contribution is 7.99. The van der Waals surface area contributed by atoms with Gasteiger partial charge in [-0.25, -0.2) is 4.39 Å². The fourth-order valence-corrected chi connectivity index (χ4v) is 4.58. The summed E-state index contributed by atoms with van der Waals surface area (Å²) in [6.07, 6.45) is 0.648. The molecule has 3 aromatic rings. The van der Waals surface area contributed by atoms with Gasteiger partial charge in [-0.1, -0.05) is 30.3 Å². The molecule has 1 atom stereocenters. The van der Waals surface area contributed by atoms with E-state index in [1.807, 2.05) is 6.07 Å². The number of hydrogen-bond donors (Lipinski definition) is 0. The van der Waals surface area contributed by atoms with Crippen LogP contribution in [0.25, 0.3) is 11.0 Å². The van der Waals surface area contributed by atoms with E-state index in [4.69, 9.17) is 4.42 Å². The number of nitrogens with zero attached hydrogens (tertiary/aromatic N) is 1. The predicted molar refractivity (Wildman–Crippen MR) is 105 cm³/mol. The molecule has 1 saturated heterocycles. The molecule has 4 nitrogen and oxygen atoms in total. The SMILES string of the molecule is O=C(c1cc(=O)c2ccccc2o1)N1CCS[C@@H](c2ccccc2F)CC1. The fourth-order valence-electron chi connectivity index (χ4n) is 3.32. The Labute approximate surface area is 160 Å². The molecule has 0 aliphatic carbocycles. The van der Waals surface area contributed by atoms with Gasteiger partial charge in [-0.15, -0.1) is 0 Å². The Morgan fingerprint density at radius 3 is 2.74 bits per heavy atom. The van der Waals surface area contributed by atoms with Crippen LogP contribution in [0.1, 0.15) is 27.8 Å². The van der Waals surface area contributed by atoms with Crippen molar-refractivity contribution in [1.29, 1.82) is 0 Å². The monoisotopic (exact) mass is 383 g/mol. The second kappa shape index (κ2) is 7.56. The van der Waals surface area contributed by atoms with E-state index in [0.717, 1.165) is 0 Å². The predicted octanol–water partition coefficient (Wildman–Crippen LogP) is 4.25. The van der Waals surface area contributed by atoms with Crippen LogP contribution in [0.2, 0.25) is 0 Å². The number of carbonyl (C=O) groups is 1. The first-order valence-corrected chi connectivity index (χ1v) is 9.86. The molecule has 0 bridgehead atoms. The van der Waals surface area contributed by atoms with Crippen LogP contribution in [-0.2, 0) is 0 Å². The van der Waals surface area contributed by atoms with Crippen molar-refractivity contribution in [3.63, 3.8) is 0 Å². The minimum Gasteiger partial charge on any atom is -0.451 e. The van der Waals surface area contributed by atoms with E-state index < -0.39 is 0 Å². The Morgan fingerprint density at radius 2 is 1.89 bits per heavy atom. The number of halogens is 1. The molecule has 0 N–H and O–H groups in total. The summed E-state index contributed by atoms with van der Waals surface area (Å²) in [4.78, 5) is 26.8. The minimum absolute atomic E-state index is 0.00705. The number of benzene rings is 2. The highest BCUT2D eigenvalue weighted by atomic mass is 32.2. The molecule has 1 amide bonds. The van der Waals surface area contributed by atoms with Crippen LogP contribution in [0.5, 0.6) is 0 Å². The first-order valence-electron chi connectivity index (χ1n) is 8.81. The van der Waals surface area contributed by atoms with Gasteiger partial charge in [-0.3, -0.25) is 9.59 Å². The molecule has 0 unspecified atom stereocenters. The Kier molecular flexibility index (Phi) is 4.99. The van der Waals surface area contributed by atoms with Crippen molar-refractivity contribution in [2.24, 2.45) is 0 Å². The summed E-state index contributed by atoms with van der Waals surface area (Å²) < 4.78 is 19.7. The van der Waals surface area contributed by atoms with E-state index in [1.165, 1.54) is 12.1 Å². The summed E-state index contributed by atoms with van der Waals surface area (Å²) in [6, 6.07) is 14.9. The lowest BCUT2D eigenvalue weighted by atomic mass is 10.1. The zero-order valence-electron chi connectivity index (χ0n) is 14.6. The van der Waals surface area contributed by atoms with Crippen LogP contribution < -0.4 is 5.43 Å². The minimum atomic E-state index is -0.298. The number of thioether (sulfide) groups is 1. The second-order valence-electron chi connectivity index (χ2n) is 6.43. The highest BCUT2D eigenvalue weighted by Crippen LogP contribution is 2.35. The molecule has 27 heavy (non-hydrogen) atoms. The van der Waals surface area contributed by atoms with Gasteiger partial charge in [0.15, 0.2) is 11.2 Å². The Bertz CT molecular complexity index is 1050. The fraction of sp³-hybridized carbons (Fsp3) is 0.238. The summed E-state index contributed by atoms with van der Waals surface area (Å²) in [6.45, 7) is 1.02. The van der Waals surface area contributed by atoms with Gasteiger partial charge >= 0.3 is 0 Å². The summed E-state index contributed by atoms with van der Waals surface area (Å²) >= 11 is 1.65. The average molecular weight is 383 g/mol. The van der Waals surface area contributed by atoms with E-state index in [2.05, 4.69) is 0 Å². The molecule has 0 spiro atoms. The molecular formula is C21H18FNO3S. The van der Waals surface area contributed by atoms with E-state index >= 15 is 0 Å². The number of hydrogen-bond acceptors (Lipinski definition) is 4. The smallest absolute Gasteiger partial charge is 0.289 e. The standard InChI is InChI=1S/C21H18FNO3S/c22-16-7-3-1-5-14(16)20-9-10-23(11-12-27-20)21(25)19-13-17(24)15-6-2-4-8-18(15)26-19/h1-8,13,20H,9-12H2/t20-/m1/s1. The number of rotatable bonds is 2. The van der Waals surface area contributed by atoms with Crippen molar-refractivity contribution in [3.05, 3.63) is 82.0 Å². The molecule has 1 aromatic heterocycles. The van der Waals surface area contributed by atoms with Crippen molar-refractivity contribution >= 4 is 28.6 Å². The van der Waals surface area contributed by atoms with Crippen LogP contribution in [-0.4, -0.2) is 29.6 Å². The Hall–Kier alpha value is -2.60. The third-order valence-electron chi connectivity index (χ3n) is 4.73. The number of fused-ring (bicyclic) bond motifs is 1. The van der Waals surface area contributed by atoms with E-state index in [0.29, 0.717) is 41.8 Å². The van der Waals surface area contributed by atoms with E-state index in [-0.39, 0.29) is 28.2 Å². The molecule has 0 radical (unpaired) electrons. The molecule has 2 aromatic carbocycles. The van der Waals surface area contributed by atoms with Crippen LogP contribution in [0.15, 0.2) is 63.8 Å². The molecule has 2 heterocycles. The van der Waals surface area contributed by atoms with Gasteiger partial charge in [0.2, 0.25) is 0 Å². The lowest BCUT2D eigenvalue weighted by Gasteiger charge is -2.19. The maximum atomic E-state index is 14.1. The van der Waals surface area contributed by atoms with E-state index in [9.17, 15) is 14.0 Å². The van der Waals surface area contributed by atoms with Crippen LogP contribution in [0, 0.1) is 5.82 Å². The number of carbonyl (C=O) groups excluding carboxylic acids is 1. The van der Waals surface area contributed by atoms with Crippen LogP contribution in [0.4, 0.5) is 4.39 Å². The summed E-state index contributed by atoms with van der Waals surface area (Å²) in [5, 5.41) is 0.465. The molecule has 0 saturated carbocycles. The zero-order chi connectivity index (χ0) is 18.8. The first kappa shape index (κ1) is 17.8. The highest BCUT2D eigenvalue weighted by Gasteiger charge is 2.26. The van der Waals surface area contributed by atoms with Gasteiger partial charge < -0.3 is 9.32 Å². The zero-order valence-corrected chi connectivity index (χ0v) is 15.4. The Morgan fingerprint density at radius 1 is 1.11 bits per heavy atom. The third kappa shape index (κ3) is 3.62. The van der Waals surface area contributed by atoms with Crippen molar-refractivity contribution in [1.82, 2.24) is 4.90 Å². The second-order valence-corrected chi connectivity index (χ2v) is 7.74. The lowest BCUT2D eigenvalue weighted by Crippen LogP contribution is -2.33. The lowest BCUT2D eigenvalue weighted by molar-refractivity contribution is 0.0735. The summed E-state index contributed by atoms with van der Waals surface area (Å²) in [5.41, 5.74) is 0.851. The topological polar surface area (TPSA) is 50.5 Å². The quantitative estimate of drug-likeness (QED) is 0.664. The van der Waals surface area contributed by atoms with E-state index in [1.54, 1.807) is 53.1 Å². The van der Waals surface area contributed by atoms with Gasteiger partial charge in [0.1, 0.15) is 11.4 Å². The van der Waals surface area contributed by atoms with Crippen molar-refractivity contribution in [2.75, 3.05) is 18.8 Å². The van der Waals surface area contributed by atoms with Crippen molar-refractivity contribution in [2.45, 2.75) is 11.7 Å². The molecule has 6 heteroatoms. The van der Waals surface area contributed by atoms with Gasteiger partial charge in [0.05, 0.1) is 5.39 Å². The molecule has 138 valence electrons. The Balaban J connectivity index is 1.55. The number of amides is 1. The average Bonchev–Trinajstić information content (AvgIpc) is 2.94. The molecule has 1 fully saturated rings. The van der Waals surface area contributed by atoms with Gasteiger partial charge in [0.25, 0.3) is 5.91 Å². The maximum Gasteiger partial charge on any atom is 0.289 e. The van der Waals surface area contributed by atoms with Crippen molar-refractivity contribution in [3.8, 4) is 0 Å². The first-order chi connectivity index (χ1) is 13.1. The van der Waals surface area contributed by atoms with Gasteiger partial charge in [0, 0.05) is 35.7 Å². The largest absolute Gasteiger partial charge is 0.451 e. The number of para-hydroxylation sites is 1. The van der Waals surface area contributed by atoms with Crippen LogP contribution >= 0.6 is 11.8 Å². The molecule has 4 rings (SSSR count). The molecule has 1 aliphatic heterocycles. The molecular weight excluding hydrogens is 365 g/mol. The maximum absolute atomic E-state index is 14.1. The van der Waals surface area contributed by atoms with Gasteiger partial charge in [-0.2, -0.15) is 11.8 Å². The van der Waals surface area contributed by atoms with Gasteiger partial charge in [-0.05, 0) is 24.6 Å². The summed E-state index contributed by atoms with van der Waals surface area (Å²) in [7, 11) is 0. The third-order valence-corrected chi connectivity index (χ3v) is 6.04. The molecule has 1 aliphatic rings.